The van der Waals surface area contributed by atoms with Crippen LogP contribution in [0.5, 0.6) is 0 Å². The van der Waals surface area contributed by atoms with Crippen LogP contribution in [0.1, 0.15) is 66.4 Å². The van der Waals surface area contributed by atoms with E-state index in [1.807, 2.05) is 47.6 Å². The van der Waals surface area contributed by atoms with Crippen LogP contribution in [0, 0.1) is 11.3 Å². The Hall–Kier alpha value is -3.41. The molecule has 13 heteroatoms. The Morgan fingerprint density at radius 1 is 1.28 bits per heavy atom. The van der Waals surface area contributed by atoms with Gasteiger partial charge in [-0.25, -0.2) is 0 Å². The number of ether oxygens (including phenoxy) is 1. The maximum absolute atomic E-state index is 13.1. The Labute approximate surface area is 253 Å². The molecule has 3 aromatic rings. The predicted octanol–water partition coefficient (Wildman–Crippen LogP) is 5.15. The van der Waals surface area contributed by atoms with Gasteiger partial charge in [0.15, 0.2) is 5.82 Å². The van der Waals surface area contributed by atoms with Crippen LogP contribution in [0.4, 0.5) is 11.5 Å². The Morgan fingerprint density at radius 2 is 2.00 bits per heavy atom. The minimum atomic E-state index is -3.13. The van der Waals surface area contributed by atoms with Crippen LogP contribution in [0.15, 0.2) is 40.2 Å². The van der Waals surface area contributed by atoms with Crippen LogP contribution in [-0.4, -0.2) is 69.8 Å². The molecule has 2 aliphatic rings. The zero-order chi connectivity index (χ0) is 31.5. The number of rotatable bonds is 5. The van der Waals surface area contributed by atoms with Crippen molar-refractivity contribution in [1.82, 2.24) is 24.0 Å². The van der Waals surface area contributed by atoms with Crippen molar-refractivity contribution in [3.8, 4) is 6.07 Å². The van der Waals surface area contributed by atoms with E-state index in [-0.39, 0.29) is 30.0 Å². The monoisotopic (exact) mass is 611 g/mol. The summed E-state index contributed by atoms with van der Waals surface area (Å²) in [6, 6.07) is 9.28. The normalized spacial score (nSPS) is 23.0. The Balaban J connectivity index is 1.49. The van der Waals surface area contributed by atoms with Crippen molar-refractivity contribution in [2.75, 3.05) is 19.0 Å². The largest absolute Gasteiger partial charge is 0.366 e. The average molecular weight is 612 g/mol. The molecule has 1 aromatic carbocycles. The van der Waals surface area contributed by atoms with Crippen molar-refractivity contribution in [3.05, 3.63) is 46.4 Å². The minimum absolute atomic E-state index is 0.0748. The standard InChI is InChI=1S/C30H41N7O5S/c1-28(2,3)35(7)27(39)22-10-12-30(13-14-31,18-42-22)37-21-11-15-32-26(38)24(21)25(34-37)33-20-8-9-23-19(16-20)17-36(29(4,5)6)43(23,40)41/h8-9,11,15-16,22,40-41H,10,12-13,17-18H2,1-7H3,(H,32,38)(H,33,34). The quantitative estimate of drug-likeness (QED) is 0.306. The SMILES string of the molecule is CN(C(=O)C1CCC(CC#N)(n2nc(Nc3ccc4c(c3)CN(C(C)(C)C)S4(O)O)c3c(=O)[nH]ccc32)CO1)C(C)(C)C. The topological polar surface area (TPSA) is 160 Å². The molecule has 2 aromatic heterocycles. The van der Waals surface area contributed by atoms with Gasteiger partial charge in [-0.15, -0.1) is 10.8 Å². The molecule has 12 nitrogen and oxygen atoms in total. The van der Waals surface area contributed by atoms with E-state index >= 15 is 0 Å². The van der Waals surface area contributed by atoms with Gasteiger partial charge in [0.1, 0.15) is 11.5 Å². The number of carbonyl (C=O) groups excluding carboxylic acids is 1. The molecule has 1 fully saturated rings. The van der Waals surface area contributed by atoms with Crippen molar-refractivity contribution in [2.45, 2.75) is 95.0 Å². The molecule has 1 saturated heterocycles. The molecule has 2 unspecified atom stereocenters. The second kappa shape index (κ2) is 10.6. The molecular weight excluding hydrogens is 570 g/mol. The molecule has 232 valence electrons. The van der Waals surface area contributed by atoms with E-state index in [0.29, 0.717) is 46.7 Å². The number of aromatic nitrogens is 3. The molecule has 43 heavy (non-hydrogen) atoms. The van der Waals surface area contributed by atoms with Gasteiger partial charge in [0.2, 0.25) is 0 Å². The van der Waals surface area contributed by atoms with Crippen LogP contribution in [0.2, 0.25) is 0 Å². The third-order valence-corrected chi connectivity index (χ3v) is 10.8. The number of aromatic amines is 1. The highest BCUT2D eigenvalue weighted by atomic mass is 32.3. The van der Waals surface area contributed by atoms with Crippen molar-refractivity contribution in [2.24, 2.45) is 0 Å². The van der Waals surface area contributed by atoms with E-state index in [0.717, 1.165) is 5.56 Å². The van der Waals surface area contributed by atoms with Crippen molar-refractivity contribution in [1.29, 1.82) is 5.26 Å². The molecule has 0 saturated carbocycles. The lowest BCUT2D eigenvalue weighted by Crippen LogP contribution is -2.52. The summed E-state index contributed by atoms with van der Waals surface area (Å²) in [6.07, 6.45) is 1.84. The second-order valence-corrected chi connectivity index (χ2v) is 15.4. The average Bonchev–Trinajstić information content (AvgIpc) is 3.43. The summed E-state index contributed by atoms with van der Waals surface area (Å²) in [4.78, 5) is 31.1. The number of benzene rings is 1. The molecule has 0 aliphatic carbocycles. The summed E-state index contributed by atoms with van der Waals surface area (Å²) in [5.41, 5.74) is -0.114. The summed E-state index contributed by atoms with van der Waals surface area (Å²) in [5, 5.41) is 18.3. The van der Waals surface area contributed by atoms with Crippen LogP contribution in [0.25, 0.3) is 10.9 Å². The molecule has 4 N–H and O–H groups in total. The summed E-state index contributed by atoms with van der Waals surface area (Å²) in [5.74, 6) is 0.192. The van der Waals surface area contributed by atoms with Crippen molar-refractivity contribution in [3.63, 3.8) is 0 Å². The summed E-state index contributed by atoms with van der Waals surface area (Å²) < 4.78 is 31.5. The molecule has 2 aliphatic heterocycles. The minimum Gasteiger partial charge on any atom is -0.366 e. The maximum atomic E-state index is 13.1. The maximum Gasteiger partial charge on any atom is 0.261 e. The molecule has 0 radical (unpaired) electrons. The Bertz CT molecular complexity index is 1650. The van der Waals surface area contributed by atoms with Crippen molar-refractivity contribution >= 4 is 39.1 Å². The van der Waals surface area contributed by atoms with Crippen LogP contribution < -0.4 is 10.9 Å². The smallest absolute Gasteiger partial charge is 0.261 e. The molecule has 0 spiro atoms. The van der Waals surface area contributed by atoms with E-state index in [9.17, 15) is 24.0 Å². The molecule has 1 amide bonds. The molecule has 0 bridgehead atoms. The van der Waals surface area contributed by atoms with Gasteiger partial charge in [-0.1, -0.05) is 0 Å². The van der Waals surface area contributed by atoms with E-state index < -0.39 is 28.0 Å². The van der Waals surface area contributed by atoms with Gasteiger partial charge in [0.05, 0.1) is 35.0 Å². The van der Waals surface area contributed by atoms with Gasteiger partial charge < -0.3 is 19.9 Å². The predicted molar refractivity (Wildman–Crippen MR) is 166 cm³/mol. The van der Waals surface area contributed by atoms with Crippen LogP contribution in [-0.2, 0) is 21.6 Å². The summed E-state index contributed by atoms with van der Waals surface area (Å²) in [6.45, 7) is 12.1. The molecule has 5 rings (SSSR count). The number of nitrogens with one attached hydrogen (secondary N) is 2. The number of carbonyl (C=O) groups is 1. The van der Waals surface area contributed by atoms with Crippen LogP contribution in [0.3, 0.4) is 0 Å². The van der Waals surface area contributed by atoms with E-state index in [1.165, 1.54) is 0 Å². The first-order valence-corrected chi connectivity index (χ1v) is 15.8. The van der Waals surface area contributed by atoms with E-state index in [2.05, 4.69) is 16.4 Å². The highest BCUT2D eigenvalue weighted by Gasteiger charge is 2.44. The van der Waals surface area contributed by atoms with Gasteiger partial charge in [-0.3, -0.25) is 23.4 Å². The Kier molecular flexibility index (Phi) is 7.68. The van der Waals surface area contributed by atoms with Gasteiger partial charge >= 0.3 is 0 Å². The highest BCUT2D eigenvalue weighted by Crippen LogP contribution is 2.61. The number of nitriles is 1. The Morgan fingerprint density at radius 3 is 2.60 bits per heavy atom. The van der Waals surface area contributed by atoms with Gasteiger partial charge in [0.25, 0.3) is 11.5 Å². The number of hydrogen-bond donors (Lipinski definition) is 4. The first-order valence-electron chi connectivity index (χ1n) is 14.3. The van der Waals surface area contributed by atoms with Gasteiger partial charge in [-0.2, -0.15) is 14.7 Å². The van der Waals surface area contributed by atoms with Gasteiger partial charge in [-0.05, 0) is 84.2 Å². The molecule has 4 heterocycles. The summed E-state index contributed by atoms with van der Waals surface area (Å²) >= 11 is 0. The first-order chi connectivity index (χ1) is 20.0. The van der Waals surface area contributed by atoms with Crippen LogP contribution >= 0.6 is 10.8 Å². The third-order valence-electron chi connectivity index (χ3n) is 8.49. The second-order valence-electron chi connectivity index (χ2n) is 13.5. The zero-order valence-corrected chi connectivity index (χ0v) is 26.6. The van der Waals surface area contributed by atoms with E-state index in [1.54, 1.807) is 45.3 Å². The summed E-state index contributed by atoms with van der Waals surface area (Å²) in [7, 11) is -1.37. The molecule has 2 atom stereocenters. The number of anilines is 2. The highest BCUT2D eigenvalue weighted by molar-refractivity contribution is 8.22. The number of likely N-dealkylation sites (N-methyl/N-ethyl adjacent to an activating group) is 1. The lowest BCUT2D eigenvalue weighted by molar-refractivity contribution is -0.155. The number of pyridine rings is 1. The lowest BCUT2D eigenvalue weighted by Gasteiger charge is -2.44. The number of hydrogen-bond acceptors (Lipinski definition) is 9. The van der Waals surface area contributed by atoms with Gasteiger partial charge in [0, 0.05) is 36.6 Å². The fraction of sp³-hybridized carbons (Fsp3) is 0.533. The number of amides is 1. The lowest BCUT2D eigenvalue weighted by atomic mass is 9.86. The molecular formula is C30H41N7O5S. The third kappa shape index (κ3) is 5.42. The van der Waals surface area contributed by atoms with E-state index in [4.69, 9.17) is 9.84 Å². The van der Waals surface area contributed by atoms with Crippen molar-refractivity contribution < 1.29 is 18.6 Å². The fourth-order valence-corrected chi connectivity index (χ4v) is 7.82. The number of H-pyrrole nitrogens is 1. The first kappa shape index (κ1) is 31.0. The zero-order valence-electron chi connectivity index (χ0n) is 25.8. The fourth-order valence-electron chi connectivity index (χ4n) is 5.77. The number of fused-ring (bicyclic) bond motifs is 2. The number of nitrogens with zero attached hydrogens (tertiary/aromatic N) is 5.